The molecule has 0 N–H and O–H groups in total. The van der Waals surface area contributed by atoms with Gasteiger partial charge >= 0.3 is 0 Å². The zero-order chi connectivity index (χ0) is 20.8. The summed E-state index contributed by atoms with van der Waals surface area (Å²) in [5.41, 5.74) is 3.05. The molecule has 0 bridgehead atoms. The van der Waals surface area contributed by atoms with Crippen LogP contribution in [0.15, 0.2) is 65.1 Å². The maximum Gasteiger partial charge on any atom is 0.161 e. The fourth-order valence-electron chi connectivity index (χ4n) is 2.66. The molecule has 0 aliphatic rings. The third kappa shape index (κ3) is 5.55. The first-order valence-corrected chi connectivity index (χ1v) is 10.2. The van der Waals surface area contributed by atoms with Crippen molar-refractivity contribution >= 4 is 50.8 Å². The van der Waals surface area contributed by atoms with E-state index in [9.17, 15) is 5.26 Å². The summed E-state index contributed by atoms with van der Waals surface area (Å²) >= 11 is 15.5. The van der Waals surface area contributed by atoms with Gasteiger partial charge in [-0.15, -0.1) is 0 Å². The molecule has 0 unspecified atom stereocenters. The smallest absolute Gasteiger partial charge is 0.161 e. The van der Waals surface area contributed by atoms with Gasteiger partial charge in [0.1, 0.15) is 6.61 Å². The standard InChI is InChI=1S/C23H16BrCl2NO2/c1-28-23-11-15(10-18(13-27)16-3-6-19(24)7-4-16)2-9-22(23)29-14-17-5-8-20(25)12-21(17)26/h2-12H,14H2,1H3/b18-10-. The van der Waals surface area contributed by atoms with Gasteiger partial charge in [-0.2, -0.15) is 5.26 Å². The van der Waals surface area contributed by atoms with Gasteiger partial charge in [0.05, 0.1) is 18.8 Å². The van der Waals surface area contributed by atoms with Crippen molar-refractivity contribution in [2.75, 3.05) is 7.11 Å². The number of rotatable bonds is 6. The van der Waals surface area contributed by atoms with Crippen molar-refractivity contribution in [3.05, 3.63) is 91.9 Å². The molecule has 0 aliphatic carbocycles. The van der Waals surface area contributed by atoms with Crippen LogP contribution >= 0.6 is 39.1 Å². The minimum Gasteiger partial charge on any atom is -0.493 e. The van der Waals surface area contributed by atoms with Crippen molar-refractivity contribution in [2.24, 2.45) is 0 Å². The lowest BCUT2D eigenvalue weighted by atomic mass is 10.0. The topological polar surface area (TPSA) is 42.2 Å². The van der Waals surface area contributed by atoms with Crippen LogP contribution in [0.2, 0.25) is 10.0 Å². The van der Waals surface area contributed by atoms with Crippen LogP contribution < -0.4 is 9.47 Å². The van der Waals surface area contributed by atoms with E-state index in [1.165, 1.54) is 0 Å². The molecule has 3 nitrogen and oxygen atoms in total. The van der Waals surface area contributed by atoms with E-state index in [1.54, 1.807) is 19.2 Å². The summed E-state index contributed by atoms with van der Waals surface area (Å²) in [5.74, 6) is 1.15. The van der Waals surface area contributed by atoms with Gasteiger partial charge in [-0.3, -0.25) is 0 Å². The van der Waals surface area contributed by atoms with Crippen molar-refractivity contribution in [2.45, 2.75) is 6.61 Å². The first-order chi connectivity index (χ1) is 14.0. The highest BCUT2D eigenvalue weighted by Gasteiger charge is 2.09. The van der Waals surface area contributed by atoms with E-state index in [4.69, 9.17) is 32.7 Å². The molecule has 3 rings (SSSR count). The molecule has 0 aliphatic heterocycles. The van der Waals surface area contributed by atoms with Crippen LogP contribution in [0.4, 0.5) is 0 Å². The lowest BCUT2D eigenvalue weighted by Crippen LogP contribution is -1.98. The van der Waals surface area contributed by atoms with E-state index >= 15 is 0 Å². The second kappa shape index (κ2) is 9.84. The highest BCUT2D eigenvalue weighted by Crippen LogP contribution is 2.31. The van der Waals surface area contributed by atoms with Gasteiger partial charge in [-0.25, -0.2) is 0 Å². The van der Waals surface area contributed by atoms with Crippen molar-refractivity contribution in [1.29, 1.82) is 5.26 Å². The van der Waals surface area contributed by atoms with Gasteiger partial charge in [0, 0.05) is 20.1 Å². The Balaban J connectivity index is 1.82. The number of halogens is 3. The fraction of sp³-hybridized carbons (Fsp3) is 0.0870. The van der Waals surface area contributed by atoms with Crippen molar-refractivity contribution in [1.82, 2.24) is 0 Å². The largest absolute Gasteiger partial charge is 0.493 e. The quantitative estimate of drug-likeness (QED) is 0.268. The molecule has 0 amide bonds. The maximum absolute atomic E-state index is 9.54. The molecular weight excluding hydrogens is 473 g/mol. The Labute approximate surface area is 188 Å². The Morgan fingerprint density at radius 3 is 2.45 bits per heavy atom. The molecule has 0 radical (unpaired) electrons. The Kier molecular flexibility index (Phi) is 7.22. The Morgan fingerprint density at radius 2 is 1.79 bits per heavy atom. The third-order valence-electron chi connectivity index (χ3n) is 4.17. The summed E-state index contributed by atoms with van der Waals surface area (Å²) < 4.78 is 12.3. The van der Waals surface area contributed by atoms with Crippen LogP contribution in [-0.2, 0) is 6.61 Å². The van der Waals surface area contributed by atoms with E-state index < -0.39 is 0 Å². The molecule has 0 heterocycles. The number of allylic oxidation sites excluding steroid dienone is 1. The lowest BCUT2D eigenvalue weighted by Gasteiger charge is -2.12. The van der Waals surface area contributed by atoms with Crippen molar-refractivity contribution in [3.63, 3.8) is 0 Å². The summed E-state index contributed by atoms with van der Waals surface area (Å²) in [5, 5.41) is 10.7. The van der Waals surface area contributed by atoms with E-state index in [2.05, 4.69) is 22.0 Å². The number of ether oxygens (including phenoxy) is 2. The SMILES string of the molecule is COc1cc(/C=C(/C#N)c2ccc(Br)cc2)ccc1OCc1ccc(Cl)cc1Cl. The number of benzene rings is 3. The summed E-state index contributed by atoms with van der Waals surface area (Å²) in [4.78, 5) is 0. The molecule has 0 atom stereocenters. The zero-order valence-corrected chi connectivity index (χ0v) is 18.6. The Hall–Kier alpha value is -2.45. The van der Waals surface area contributed by atoms with Gasteiger partial charge < -0.3 is 9.47 Å². The molecule has 0 aromatic heterocycles. The molecule has 6 heteroatoms. The Morgan fingerprint density at radius 1 is 1.03 bits per heavy atom. The number of methoxy groups -OCH3 is 1. The lowest BCUT2D eigenvalue weighted by molar-refractivity contribution is 0.284. The number of nitrogens with zero attached hydrogens (tertiary/aromatic N) is 1. The van der Waals surface area contributed by atoms with Crippen LogP contribution in [0.25, 0.3) is 11.6 Å². The van der Waals surface area contributed by atoms with Crippen LogP contribution in [0.5, 0.6) is 11.5 Å². The van der Waals surface area contributed by atoms with Gasteiger partial charge in [0.15, 0.2) is 11.5 Å². The fourth-order valence-corrected chi connectivity index (χ4v) is 3.39. The predicted octanol–water partition coefficient (Wildman–Crippen LogP) is 7.41. The molecule has 0 spiro atoms. The molecule has 0 saturated carbocycles. The second-order valence-electron chi connectivity index (χ2n) is 6.11. The summed E-state index contributed by atoms with van der Waals surface area (Å²) in [6, 6.07) is 20.6. The number of hydrogen-bond donors (Lipinski definition) is 0. The molecular formula is C23H16BrCl2NO2. The van der Waals surface area contributed by atoms with Gasteiger partial charge in [-0.1, -0.05) is 63.4 Å². The van der Waals surface area contributed by atoms with E-state index in [1.807, 2.05) is 54.6 Å². The van der Waals surface area contributed by atoms with Crippen LogP contribution in [-0.4, -0.2) is 7.11 Å². The first-order valence-electron chi connectivity index (χ1n) is 8.62. The van der Waals surface area contributed by atoms with Gasteiger partial charge in [0.25, 0.3) is 0 Å². The normalized spacial score (nSPS) is 11.1. The van der Waals surface area contributed by atoms with Crippen molar-refractivity contribution in [3.8, 4) is 17.6 Å². The van der Waals surface area contributed by atoms with Gasteiger partial charge in [-0.05, 0) is 53.6 Å². The van der Waals surface area contributed by atoms with Crippen LogP contribution in [0.3, 0.4) is 0 Å². The van der Waals surface area contributed by atoms with Crippen molar-refractivity contribution < 1.29 is 9.47 Å². The highest BCUT2D eigenvalue weighted by molar-refractivity contribution is 9.10. The maximum atomic E-state index is 9.54. The highest BCUT2D eigenvalue weighted by atomic mass is 79.9. The minimum atomic E-state index is 0.282. The number of nitriles is 1. The summed E-state index contributed by atoms with van der Waals surface area (Å²) in [6.45, 7) is 0.282. The molecule has 0 fully saturated rings. The van der Waals surface area contributed by atoms with Crippen LogP contribution in [0.1, 0.15) is 16.7 Å². The predicted molar refractivity (Wildman–Crippen MR) is 121 cm³/mol. The first kappa shape index (κ1) is 21.3. The Bertz CT molecular complexity index is 1090. The molecule has 3 aromatic rings. The van der Waals surface area contributed by atoms with E-state index in [0.29, 0.717) is 27.1 Å². The van der Waals surface area contributed by atoms with Crippen LogP contribution in [0, 0.1) is 11.3 Å². The van der Waals surface area contributed by atoms with E-state index in [0.717, 1.165) is 21.2 Å². The zero-order valence-electron chi connectivity index (χ0n) is 15.5. The second-order valence-corrected chi connectivity index (χ2v) is 7.87. The average Bonchev–Trinajstić information content (AvgIpc) is 2.72. The van der Waals surface area contributed by atoms with E-state index in [-0.39, 0.29) is 6.61 Å². The average molecular weight is 489 g/mol. The molecule has 29 heavy (non-hydrogen) atoms. The summed E-state index contributed by atoms with van der Waals surface area (Å²) in [7, 11) is 1.57. The molecule has 3 aromatic carbocycles. The molecule has 146 valence electrons. The van der Waals surface area contributed by atoms with Gasteiger partial charge in [0.2, 0.25) is 0 Å². The number of hydrogen-bond acceptors (Lipinski definition) is 3. The minimum absolute atomic E-state index is 0.282. The third-order valence-corrected chi connectivity index (χ3v) is 5.29. The molecule has 0 saturated heterocycles. The summed E-state index contributed by atoms with van der Waals surface area (Å²) in [6.07, 6.45) is 1.81. The monoisotopic (exact) mass is 487 g/mol.